The number of carboxylic acid groups (broad SMARTS) is 1. The normalized spacial score (nSPS) is 11.2. The van der Waals surface area contributed by atoms with Crippen LogP contribution in [0.25, 0.3) is 0 Å². The standard InChI is InChI=1S/C11H10N2O4S2/c1-7-6-8(2-3-9(7)10(14)15)19(16,17)13-11-12-4-5-18-11/h2-6H,1H3,(H,12,13)(H,14,15). The molecule has 0 aliphatic carbocycles. The number of anilines is 1. The molecule has 0 amide bonds. The molecule has 0 saturated heterocycles. The predicted molar refractivity (Wildman–Crippen MR) is 71.1 cm³/mol. The minimum Gasteiger partial charge on any atom is -0.478 e. The first-order valence-electron chi connectivity index (χ1n) is 5.16. The van der Waals surface area contributed by atoms with E-state index < -0.39 is 16.0 Å². The van der Waals surface area contributed by atoms with Gasteiger partial charge in [0.2, 0.25) is 0 Å². The first kappa shape index (κ1) is 13.5. The molecule has 0 fully saturated rings. The molecule has 2 rings (SSSR count). The molecule has 1 aromatic carbocycles. The minimum atomic E-state index is -3.74. The Morgan fingerprint density at radius 1 is 1.42 bits per heavy atom. The predicted octanol–water partition coefficient (Wildman–Crippen LogP) is 1.95. The van der Waals surface area contributed by atoms with E-state index in [4.69, 9.17) is 5.11 Å². The number of hydrogen-bond donors (Lipinski definition) is 2. The third-order valence-corrected chi connectivity index (χ3v) is 4.55. The molecule has 0 saturated carbocycles. The number of carbonyl (C=O) groups is 1. The zero-order valence-electron chi connectivity index (χ0n) is 9.82. The van der Waals surface area contributed by atoms with Gasteiger partial charge in [0.25, 0.3) is 10.0 Å². The summed E-state index contributed by atoms with van der Waals surface area (Å²) in [6, 6.07) is 3.85. The number of carboxylic acids is 1. The van der Waals surface area contributed by atoms with Gasteiger partial charge in [-0.3, -0.25) is 4.72 Å². The Labute approximate surface area is 113 Å². The highest BCUT2D eigenvalue weighted by Gasteiger charge is 2.17. The van der Waals surface area contributed by atoms with Crippen molar-refractivity contribution in [3.8, 4) is 0 Å². The van der Waals surface area contributed by atoms with Gasteiger partial charge in [-0.2, -0.15) is 0 Å². The second-order valence-corrected chi connectivity index (χ2v) is 6.30. The van der Waals surface area contributed by atoms with Crippen LogP contribution in [-0.2, 0) is 10.0 Å². The molecule has 0 spiro atoms. The summed E-state index contributed by atoms with van der Waals surface area (Å²) >= 11 is 1.16. The lowest BCUT2D eigenvalue weighted by atomic mass is 10.1. The molecule has 0 radical (unpaired) electrons. The van der Waals surface area contributed by atoms with Crippen molar-refractivity contribution in [3.05, 3.63) is 40.9 Å². The molecule has 1 heterocycles. The molecule has 0 aliphatic heterocycles. The number of rotatable bonds is 4. The van der Waals surface area contributed by atoms with E-state index in [9.17, 15) is 13.2 Å². The summed E-state index contributed by atoms with van der Waals surface area (Å²) in [4.78, 5) is 14.7. The molecule has 8 heteroatoms. The quantitative estimate of drug-likeness (QED) is 0.899. The van der Waals surface area contributed by atoms with E-state index in [1.54, 1.807) is 12.3 Å². The van der Waals surface area contributed by atoms with Gasteiger partial charge in [0.1, 0.15) is 0 Å². The van der Waals surface area contributed by atoms with E-state index in [-0.39, 0.29) is 15.6 Å². The van der Waals surface area contributed by atoms with Crippen molar-refractivity contribution in [1.29, 1.82) is 0 Å². The Hall–Kier alpha value is -1.93. The van der Waals surface area contributed by atoms with E-state index in [0.29, 0.717) is 5.56 Å². The van der Waals surface area contributed by atoms with E-state index in [2.05, 4.69) is 9.71 Å². The van der Waals surface area contributed by atoms with E-state index >= 15 is 0 Å². The number of sulfonamides is 1. The number of hydrogen-bond acceptors (Lipinski definition) is 5. The third-order valence-electron chi connectivity index (χ3n) is 2.39. The van der Waals surface area contributed by atoms with E-state index in [1.807, 2.05) is 0 Å². The summed E-state index contributed by atoms with van der Waals surface area (Å²) in [6.07, 6.45) is 1.49. The average molecular weight is 298 g/mol. The number of aromatic nitrogens is 1. The molecule has 100 valence electrons. The van der Waals surface area contributed by atoms with Gasteiger partial charge < -0.3 is 5.11 Å². The second-order valence-electron chi connectivity index (χ2n) is 3.72. The summed E-state index contributed by atoms with van der Waals surface area (Å²) in [6.45, 7) is 1.55. The molecule has 0 aliphatic rings. The molecular formula is C11H10N2O4S2. The van der Waals surface area contributed by atoms with Gasteiger partial charge in [0.05, 0.1) is 10.5 Å². The number of nitrogens with zero attached hydrogens (tertiary/aromatic N) is 1. The largest absolute Gasteiger partial charge is 0.478 e. The topological polar surface area (TPSA) is 96.4 Å². The summed E-state index contributed by atoms with van der Waals surface area (Å²) in [5.74, 6) is -1.09. The lowest BCUT2D eigenvalue weighted by molar-refractivity contribution is 0.0696. The SMILES string of the molecule is Cc1cc(S(=O)(=O)Nc2nccs2)ccc1C(=O)O. The van der Waals surface area contributed by atoms with Crippen molar-refractivity contribution in [2.24, 2.45) is 0 Å². The van der Waals surface area contributed by atoms with Crippen LogP contribution in [0.3, 0.4) is 0 Å². The molecule has 0 unspecified atom stereocenters. The van der Waals surface area contributed by atoms with Crippen molar-refractivity contribution in [3.63, 3.8) is 0 Å². The number of benzene rings is 1. The average Bonchev–Trinajstić information content (AvgIpc) is 2.80. The van der Waals surface area contributed by atoms with Crippen molar-refractivity contribution in [2.75, 3.05) is 4.72 Å². The summed E-state index contributed by atoms with van der Waals surface area (Å²) in [5, 5.41) is 10.8. The fourth-order valence-corrected chi connectivity index (χ4v) is 3.36. The first-order valence-corrected chi connectivity index (χ1v) is 7.53. The second kappa shape index (κ2) is 4.98. The molecule has 2 aromatic rings. The van der Waals surface area contributed by atoms with Crippen molar-refractivity contribution in [2.45, 2.75) is 11.8 Å². The highest BCUT2D eigenvalue weighted by Crippen LogP contribution is 2.20. The maximum atomic E-state index is 12.0. The van der Waals surface area contributed by atoms with Crippen LogP contribution in [0.15, 0.2) is 34.7 Å². The maximum Gasteiger partial charge on any atom is 0.335 e. The Kier molecular flexibility index (Phi) is 3.54. The lowest BCUT2D eigenvalue weighted by Gasteiger charge is -2.07. The van der Waals surface area contributed by atoms with Crippen LogP contribution in [0.2, 0.25) is 0 Å². The minimum absolute atomic E-state index is 0.00481. The van der Waals surface area contributed by atoms with Gasteiger partial charge in [0.15, 0.2) is 5.13 Å². The number of aromatic carboxylic acids is 1. The Balaban J connectivity index is 2.36. The van der Waals surface area contributed by atoms with Gasteiger partial charge in [-0.05, 0) is 30.7 Å². The Morgan fingerprint density at radius 3 is 2.68 bits per heavy atom. The summed E-state index contributed by atoms with van der Waals surface area (Å²) in [5.41, 5.74) is 0.461. The number of aryl methyl sites for hydroxylation is 1. The van der Waals surface area contributed by atoms with Gasteiger partial charge >= 0.3 is 5.97 Å². The molecular weight excluding hydrogens is 288 g/mol. The molecule has 6 nitrogen and oxygen atoms in total. The van der Waals surface area contributed by atoms with Crippen LogP contribution in [-0.4, -0.2) is 24.5 Å². The van der Waals surface area contributed by atoms with Crippen LogP contribution in [0, 0.1) is 6.92 Å². The molecule has 0 bridgehead atoms. The molecule has 19 heavy (non-hydrogen) atoms. The van der Waals surface area contributed by atoms with Gasteiger partial charge in [-0.25, -0.2) is 18.2 Å². The van der Waals surface area contributed by atoms with Crippen LogP contribution < -0.4 is 4.72 Å². The van der Waals surface area contributed by atoms with E-state index in [0.717, 1.165) is 11.3 Å². The van der Waals surface area contributed by atoms with Crippen LogP contribution in [0.5, 0.6) is 0 Å². The summed E-state index contributed by atoms with van der Waals surface area (Å²) < 4.78 is 26.4. The maximum absolute atomic E-state index is 12.0. The third kappa shape index (κ3) is 2.91. The zero-order valence-corrected chi connectivity index (χ0v) is 11.5. The smallest absolute Gasteiger partial charge is 0.335 e. The monoisotopic (exact) mass is 298 g/mol. The van der Waals surface area contributed by atoms with E-state index in [1.165, 1.54) is 24.4 Å². The Bertz CT molecular complexity index is 708. The lowest BCUT2D eigenvalue weighted by Crippen LogP contribution is -2.13. The van der Waals surface area contributed by atoms with Gasteiger partial charge in [0, 0.05) is 11.6 Å². The first-order chi connectivity index (χ1) is 8.90. The fourth-order valence-electron chi connectivity index (χ4n) is 1.49. The van der Waals surface area contributed by atoms with Crippen LogP contribution in [0.4, 0.5) is 5.13 Å². The van der Waals surface area contributed by atoms with Crippen molar-refractivity contribution in [1.82, 2.24) is 4.98 Å². The molecule has 1 aromatic heterocycles. The molecule has 2 N–H and O–H groups in total. The van der Waals surface area contributed by atoms with Gasteiger partial charge in [-0.15, -0.1) is 11.3 Å². The molecule has 0 atom stereocenters. The number of nitrogens with one attached hydrogen (secondary N) is 1. The highest BCUT2D eigenvalue weighted by molar-refractivity contribution is 7.93. The van der Waals surface area contributed by atoms with Gasteiger partial charge in [-0.1, -0.05) is 0 Å². The van der Waals surface area contributed by atoms with Crippen LogP contribution in [0.1, 0.15) is 15.9 Å². The Morgan fingerprint density at radius 2 is 2.16 bits per heavy atom. The number of thiazole rings is 1. The fraction of sp³-hybridized carbons (Fsp3) is 0.0909. The summed E-state index contributed by atoms with van der Waals surface area (Å²) in [7, 11) is -3.74. The zero-order chi connectivity index (χ0) is 14.0. The van der Waals surface area contributed by atoms with Crippen LogP contribution >= 0.6 is 11.3 Å². The highest BCUT2D eigenvalue weighted by atomic mass is 32.2. The van der Waals surface area contributed by atoms with Crippen molar-refractivity contribution < 1.29 is 18.3 Å². The van der Waals surface area contributed by atoms with Crippen molar-refractivity contribution >= 4 is 32.5 Å².